The van der Waals surface area contributed by atoms with Crippen LogP contribution in [0, 0.1) is 11.8 Å². The van der Waals surface area contributed by atoms with E-state index in [2.05, 4.69) is 32.4 Å². The maximum Gasteiger partial charge on any atom is 0.506 e. The number of hydrogen-bond donors (Lipinski definition) is 1. The first kappa shape index (κ1) is 14.8. The monoisotopic (exact) mass is 190 g/mol. The maximum absolute atomic E-state index is 9.59. The molecule has 13 heavy (non-hydrogen) atoms. The van der Waals surface area contributed by atoms with Crippen molar-refractivity contribution < 1.29 is 14.6 Å². The van der Waals surface area contributed by atoms with Crippen molar-refractivity contribution in [2.45, 2.75) is 47.6 Å². The number of carbonyl (C=O) groups is 1. The summed E-state index contributed by atoms with van der Waals surface area (Å²) in [5.41, 5.74) is 0. The molecule has 0 aliphatic carbocycles. The van der Waals surface area contributed by atoms with E-state index in [0.29, 0.717) is 0 Å². The average Bonchev–Trinajstić information content (AvgIpc) is 1.84. The molecule has 0 bridgehead atoms. The van der Waals surface area contributed by atoms with Crippen LogP contribution >= 0.6 is 0 Å². The zero-order valence-corrected chi connectivity index (χ0v) is 9.50. The normalized spacial score (nSPS) is 9.92. The van der Waals surface area contributed by atoms with Crippen molar-refractivity contribution in [3.05, 3.63) is 0 Å². The first-order valence-corrected chi connectivity index (χ1v) is 4.66. The molecule has 0 heterocycles. The molecular formula is C10H22O3. The lowest BCUT2D eigenvalue weighted by atomic mass is 10.0. The van der Waals surface area contributed by atoms with Crippen LogP contribution in [0.3, 0.4) is 0 Å². The van der Waals surface area contributed by atoms with Crippen LogP contribution in [0.15, 0.2) is 0 Å². The largest absolute Gasteiger partial charge is 0.506 e. The van der Waals surface area contributed by atoms with Crippen LogP contribution in [-0.2, 0) is 4.74 Å². The summed E-state index contributed by atoms with van der Waals surface area (Å²) in [5, 5.41) is 7.86. The third-order valence-corrected chi connectivity index (χ3v) is 1.67. The molecule has 0 atom stereocenters. The van der Waals surface area contributed by atoms with Crippen LogP contribution < -0.4 is 0 Å². The molecule has 0 amide bonds. The summed E-state index contributed by atoms with van der Waals surface area (Å²) in [6, 6.07) is 0. The lowest BCUT2D eigenvalue weighted by Crippen LogP contribution is -2.07. The molecular weight excluding hydrogens is 168 g/mol. The minimum atomic E-state index is -1.21. The quantitative estimate of drug-likeness (QED) is 0.679. The minimum absolute atomic E-state index is 0.225. The smallest absolute Gasteiger partial charge is 0.450 e. The summed E-state index contributed by atoms with van der Waals surface area (Å²) in [6.45, 7) is 12.3. The van der Waals surface area contributed by atoms with Gasteiger partial charge in [0.2, 0.25) is 0 Å². The number of ether oxygens (including phenoxy) is 1. The van der Waals surface area contributed by atoms with Crippen LogP contribution in [0.2, 0.25) is 0 Å². The van der Waals surface area contributed by atoms with E-state index in [-0.39, 0.29) is 6.10 Å². The molecule has 0 aromatic heterocycles. The summed E-state index contributed by atoms with van der Waals surface area (Å²) in [7, 11) is 0. The molecule has 0 aromatic rings. The van der Waals surface area contributed by atoms with Crippen molar-refractivity contribution in [1.82, 2.24) is 0 Å². The molecule has 3 heteroatoms. The van der Waals surface area contributed by atoms with E-state index in [0.717, 1.165) is 11.8 Å². The highest BCUT2D eigenvalue weighted by Crippen LogP contribution is 2.05. The fraction of sp³-hybridized carbons (Fsp3) is 0.900. The zero-order valence-electron chi connectivity index (χ0n) is 9.50. The molecule has 0 radical (unpaired) electrons. The highest BCUT2D eigenvalue weighted by Gasteiger charge is 1.97. The first-order valence-electron chi connectivity index (χ1n) is 4.66. The number of rotatable bonds is 2. The Bertz CT molecular complexity index is 122. The molecule has 80 valence electrons. The lowest BCUT2D eigenvalue weighted by molar-refractivity contribution is 0.0660. The second-order valence-corrected chi connectivity index (χ2v) is 3.92. The molecule has 0 aliphatic heterocycles. The molecule has 1 N–H and O–H groups in total. The highest BCUT2D eigenvalue weighted by atomic mass is 16.7. The number of carboxylic acid groups (broad SMARTS) is 1. The van der Waals surface area contributed by atoms with Gasteiger partial charge in [-0.3, -0.25) is 0 Å². The molecule has 3 nitrogen and oxygen atoms in total. The SMILES string of the molecule is CC(C)C(C)C.CC(C)OC(=O)O. The van der Waals surface area contributed by atoms with Crippen LogP contribution in [-0.4, -0.2) is 17.4 Å². The van der Waals surface area contributed by atoms with Crippen molar-refractivity contribution in [2.24, 2.45) is 11.8 Å². The highest BCUT2D eigenvalue weighted by molar-refractivity contribution is 5.56. The summed E-state index contributed by atoms with van der Waals surface area (Å²) in [5.74, 6) is 1.70. The van der Waals surface area contributed by atoms with Gasteiger partial charge in [0.1, 0.15) is 0 Å². The topological polar surface area (TPSA) is 46.5 Å². The zero-order chi connectivity index (χ0) is 11.0. The van der Waals surface area contributed by atoms with E-state index < -0.39 is 6.16 Å². The van der Waals surface area contributed by atoms with Crippen LogP contribution in [0.25, 0.3) is 0 Å². The Morgan fingerprint density at radius 3 is 1.31 bits per heavy atom. The molecule has 0 spiro atoms. The van der Waals surface area contributed by atoms with Gasteiger partial charge in [-0.25, -0.2) is 4.79 Å². The predicted octanol–water partition coefficient (Wildman–Crippen LogP) is 3.39. The second-order valence-electron chi connectivity index (χ2n) is 3.92. The van der Waals surface area contributed by atoms with E-state index in [9.17, 15) is 4.79 Å². The Labute approximate surface area is 81.1 Å². The molecule has 0 saturated heterocycles. The summed E-state index contributed by atoms with van der Waals surface area (Å²) in [4.78, 5) is 9.59. The van der Waals surface area contributed by atoms with Crippen LogP contribution in [0.5, 0.6) is 0 Å². The fourth-order valence-electron chi connectivity index (χ4n) is 0.202. The molecule has 0 aromatic carbocycles. The summed E-state index contributed by atoms with van der Waals surface area (Å²) < 4.78 is 4.17. The Hall–Kier alpha value is -0.730. The summed E-state index contributed by atoms with van der Waals surface area (Å²) >= 11 is 0. The maximum atomic E-state index is 9.59. The van der Waals surface area contributed by atoms with Gasteiger partial charge in [0.15, 0.2) is 0 Å². The van der Waals surface area contributed by atoms with Gasteiger partial charge < -0.3 is 9.84 Å². The van der Waals surface area contributed by atoms with Crippen molar-refractivity contribution in [1.29, 1.82) is 0 Å². The first-order chi connectivity index (χ1) is 5.77. The van der Waals surface area contributed by atoms with Gasteiger partial charge in [0.25, 0.3) is 0 Å². The third-order valence-electron chi connectivity index (χ3n) is 1.67. The molecule has 0 unspecified atom stereocenters. The number of hydrogen-bond acceptors (Lipinski definition) is 2. The fourth-order valence-corrected chi connectivity index (χ4v) is 0.202. The van der Waals surface area contributed by atoms with E-state index >= 15 is 0 Å². The van der Waals surface area contributed by atoms with E-state index in [1.54, 1.807) is 13.8 Å². The van der Waals surface area contributed by atoms with E-state index in [4.69, 9.17) is 5.11 Å². The van der Waals surface area contributed by atoms with Gasteiger partial charge in [0, 0.05) is 0 Å². The Morgan fingerprint density at radius 2 is 1.31 bits per heavy atom. The van der Waals surface area contributed by atoms with Crippen LogP contribution in [0.1, 0.15) is 41.5 Å². The Morgan fingerprint density at radius 1 is 1.00 bits per heavy atom. The van der Waals surface area contributed by atoms with Crippen molar-refractivity contribution in [3.63, 3.8) is 0 Å². The van der Waals surface area contributed by atoms with Gasteiger partial charge in [-0.05, 0) is 25.7 Å². The standard InChI is InChI=1S/C6H14.C4H8O3/c1-5(2)6(3)4;1-3(2)7-4(5)6/h5-6H,1-4H3;3H,1-2H3,(H,5,6). The van der Waals surface area contributed by atoms with Crippen molar-refractivity contribution in [2.75, 3.05) is 0 Å². The molecule has 0 aliphatic rings. The van der Waals surface area contributed by atoms with Gasteiger partial charge in [-0.2, -0.15) is 0 Å². The molecule has 0 fully saturated rings. The van der Waals surface area contributed by atoms with Crippen molar-refractivity contribution >= 4 is 6.16 Å². The van der Waals surface area contributed by atoms with Crippen LogP contribution in [0.4, 0.5) is 4.79 Å². The van der Waals surface area contributed by atoms with E-state index in [1.807, 2.05) is 0 Å². The molecule has 0 rings (SSSR count). The Balaban J connectivity index is 0. The third kappa shape index (κ3) is 18.3. The average molecular weight is 190 g/mol. The van der Waals surface area contributed by atoms with Gasteiger partial charge in [-0.1, -0.05) is 27.7 Å². The van der Waals surface area contributed by atoms with Gasteiger partial charge in [-0.15, -0.1) is 0 Å². The molecule has 0 saturated carbocycles. The van der Waals surface area contributed by atoms with E-state index in [1.165, 1.54) is 0 Å². The van der Waals surface area contributed by atoms with Gasteiger partial charge in [0.05, 0.1) is 6.10 Å². The Kier molecular flexibility index (Phi) is 8.97. The second kappa shape index (κ2) is 7.90. The predicted molar refractivity (Wildman–Crippen MR) is 53.9 cm³/mol. The van der Waals surface area contributed by atoms with Crippen molar-refractivity contribution in [3.8, 4) is 0 Å². The summed E-state index contributed by atoms with van der Waals surface area (Å²) in [6.07, 6.45) is -1.44. The van der Waals surface area contributed by atoms with Gasteiger partial charge >= 0.3 is 6.16 Å². The lowest BCUT2D eigenvalue weighted by Gasteiger charge is -2.05. The minimum Gasteiger partial charge on any atom is -0.450 e.